The average molecular weight is 561 g/mol. The zero-order valence-corrected chi connectivity index (χ0v) is 24.1. The Hall–Kier alpha value is -5.24. The van der Waals surface area contributed by atoms with Gasteiger partial charge in [-0.05, 0) is 105 Å². The molecule has 198 valence electrons. The summed E-state index contributed by atoms with van der Waals surface area (Å²) >= 11 is 1.84. The highest BCUT2D eigenvalue weighted by Gasteiger charge is 2.24. The summed E-state index contributed by atoms with van der Waals surface area (Å²) in [6, 6.07) is 52.1. The highest BCUT2D eigenvalue weighted by molar-refractivity contribution is 7.13. The molecule has 1 heteroatoms. The second kappa shape index (κ2) is 8.64. The normalized spacial score (nSPS) is 12.2. The number of fused-ring (bicyclic) bond motifs is 6. The SMILES string of the molecule is c1csc(-c2c3cc4ccccc4cc3c(-c3cccc4ccccc34)c3c4cccc5ccc6cccc(c23)c6c54)c1. The van der Waals surface area contributed by atoms with Gasteiger partial charge in [-0.2, -0.15) is 0 Å². The van der Waals surface area contributed by atoms with Crippen molar-refractivity contribution in [3.8, 4) is 21.6 Å². The van der Waals surface area contributed by atoms with Crippen LogP contribution in [0.2, 0.25) is 0 Å². The van der Waals surface area contributed by atoms with Crippen LogP contribution >= 0.6 is 11.3 Å². The van der Waals surface area contributed by atoms with Crippen molar-refractivity contribution in [2.45, 2.75) is 0 Å². The Bertz CT molecular complexity index is 2710. The Morgan fingerprint density at radius 3 is 1.53 bits per heavy atom. The summed E-state index contributed by atoms with van der Waals surface area (Å²) in [5.74, 6) is 0. The van der Waals surface area contributed by atoms with Crippen LogP contribution in [0, 0.1) is 0 Å². The van der Waals surface area contributed by atoms with Gasteiger partial charge in [-0.1, -0.05) is 121 Å². The predicted molar refractivity (Wildman–Crippen MR) is 189 cm³/mol. The smallest absolute Gasteiger partial charge is 0.0355 e. The topological polar surface area (TPSA) is 0 Å². The standard InChI is InChI=1S/C42H24S/c1-2-11-29-24-35-34(23-28(29)10-1)39(31-16-5-12-25-9-3-4-15-30(25)31)41-32-17-6-13-26-20-21-27-14-7-18-33(38(27)37(26)32)42(41)40(35)36-19-8-22-43-36/h1-24H. The van der Waals surface area contributed by atoms with Gasteiger partial charge in [-0.15, -0.1) is 11.3 Å². The van der Waals surface area contributed by atoms with Gasteiger partial charge in [-0.25, -0.2) is 0 Å². The van der Waals surface area contributed by atoms with Crippen molar-refractivity contribution in [2.24, 2.45) is 0 Å². The van der Waals surface area contributed by atoms with Gasteiger partial charge in [0, 0.05) is 15.8 Å². The molecule has 0 radical (unpaired) electrons. The molecule has 0 saturated heterocycles. The second-order valence-corrected chi connectivity index (χ2v) is 12.6. The molecule has 10 aromatic rings. The van der Waals surface area contributed by atoms with E-state index in [1.165, 1.54) is 97.0 Å². The first-order valence-electron chi connectivity index (χ1n) is 14.8. The third kappa shape index (κ3) is 3.15. The molecule has 0 amide bonds. The van der Waals surface area contributed by atoms with Gasteiger partial charge in [0.1, 0.15) is 0 Å². The number of rotatable bonds is 2. The van der Waals surface area contributed by atoms with Gasteiger partial charge in [0.25, 0.3) is 0 Å². The summed E-state index contributed by atoms with van der Waals surface area (Å²) in [4.78, 5) is 1.31. The van der Waals surface area contributed by atoms with Gasteiger partial charge in [0.2, 0.25) is 0 Å². The fourth-order valence-electron chi connectivity index (χ4n) is 7.68. The van der Waals surface area contributed by atoms with E-state index in [4.69, 9.17) is 0 Å². The fourth-order valence-corrected chi connectivity index (χ4v) is 8.48. The Balaban J connectivity index is 1.61. The van der Waals surface area contributed by atoms with Crippen molar-refractivity contribution < 1.29 is 0 Å². The van der Waals surface area contributed by atoms with E-state index in [1.807, 2.05) is 11.3 Å². The maximum Gasteiger partial charge on any atom is 0.0355 e. The average Bonchev–Trinajstić information content (AvgIpc) is 3.60. The van der Waals surface area contributed by atoms with Crippen molar-refractivity contribution in [3.63, 3.8) is 0 Å². The third-order valence-corrected chi connectivity index (χ3v) is 10.3. The van der Waals surface area contributed by atoms with E-state index >= 15 is 0 Å². The zero-order chi connectivity index (χ0) is 28.1. The lowest BCUT2D eigenvalue weighted by atomic mass is 9.80. The molecule has 10 rings (SSSR count). The molecule has 9 aromatic carbocycles. The summed E-state index contributed by atoms with van der Waals surface area (Å²) in [6.45, 7) is 0. The Morgan fingerprint density at radius 2 is 0.860 bits per heavy atom. The molecular formula is C42H24S. The van der Waals surface area contributed by atoms with Crippen molar-refractivity contribution >= 4 is 86.7 Å². The maximum atomic E-state index is 2.44. The molecule has 0 spiro atoms. The van der Waals surface area contributed by atoms with Gasteiger partial charge in [0.15, 0.2) is 0 Å². The first-order chi connectivity index (χ1) is 21.3. The molecule has 43 heavy (non-hydrogen) atoms. The van der Waals surface area contributed by atoms with E-state index in [9.17, 15) is 0 Å². The molecular weight excluding hydrogens is 537 g/mol. The summed E-state index contributed by atoms with van der Waals surface area (Å²) in [7, 11) is 0. The number of benzene rings is 9. The van der Waals surface area contributed by atoms with Crippen LogP contribution in [0.4, 0.5) is 0 Å². The van der Waals surface area contributed by atoms with E-state index in [-0.39, 0.29) is 0 Å². The summed E-state index contributed by atoms with van der Waals surface area (Å²) < 4.78 is 0. The minimum atomic E-state index is 1.27. The molecule has 0 fully saturated rings. The van der Waals surface area contributed by atoms with Crippen LogP contribution in [0.1, 0.15) is 0 Å². The maximum absolute atomic E-state index is 2.44. The van der Waals surface area contributed by atoms with E-state index in [0.717, 1.165) is 0 Å². The van der Waals surface area contributed by atoms with Crippen LogP contribution in [-0.4, -0.2) is 0 Å². The van der Waals surface area contributed by atoms with Gasteiger partial charge < -0.3 is 0 Å². The van der Waals surface area contributed by atoms with Crippen molar-refractivity contribution in [2.75, 3.05) is 0 Å². The van der Waals surface area contributed by atoms with Crippen LogP contribution in [0.3, 0.4) is 0 Å². The van der Waals surface area contributed by atoms with E-state index < -0.39 is 0 Å². The molecule has 0 aliphatic heterocycles. The monoisotopic (exact) mass is 560 g/mol. The molecule has 0 N–H and O–H groups in total. The first-order valence-corrected chi connectivity index (χ1v) is 15.7. The van der Waals surface area contributed by atoms with Gasteiger partial charge in [0.05, 0.1) is 0 Å². The zero-order valence-electron chi connectivity index (χ0n) is 23.3. The summed E-state index contributed by atoms with van der Waals surface area (Å²) in [5, 5.41) is 20.6. The van der Waals surface area contributed by atoms with Crippen molar-refractivity contribution in [3.05, 3.63) is 145 Å². The van der Waals surface area contributed by atoms with Crippen molar-refractivity contribution in [1.82, 2.24) is 0 Å². The van der Waals surface area contributed by atoms with E-state index in [2.05, 4.69) is 145 Å². The molecule has 0 atom stereocenters. The minimum Gasteiger partial charge on any atom is -0.144 e. The quantitative estimate of drug-likeness (QED) is 0.146. The highest BCUT2D eigenvalue weighted by Crippen LogP contribution is 2.53. The lowest BCUT2D eigenvalue weighted by molar-refractivity contribution is 1.72. The highest BCUT2D eigenvalue weighted by atomic mass is 32.1. The Morgan fingerprint density at radius 1 is 0.326 bits per heavy atom. The molecule has 0 unspecified atom stereocenters. The Kier molecular flexibility index (Phi) is 4.69. The summed E-state index contributed by atoms with van der Waals surface area (Å²) in [6.07, 6.45) is 0. The molecule has 0 aliphatic carbocycles. The van der Waals surface area contributed by atoms with Crippen molar-refractivity contribution in [1.29, 1.82) is 0 Å². The lowest BCUT2D eigenvalue weighted by Crippen LogP contribution is -1.95. The number of hydrogen-bond donors (Lipinski definition) is 0. The Labute approximate surface area is 252 Å². The van der Waals surface area contributed by atoms with E-state index in [1.54, 1.807) is 0 Å². The van der Waals surface area contributed by atoms with Crippen LogP contribution in [0.5, 0.6) is 0 Å². The van der Waals surface area contributed by atoms with Crippen LogP contribution in [0.15, 0.2) is 145 Å². The third-order valence-electron chi connectivity index (χ3n) is 9.43. The second-order valence-electron chi connectivity index (χ2n) is 11.6. The van der Waals surface area contributed by atoms with Gasteiger partial charge >= 0.3 is 0 Å². The molecule has 1 heterocycles. The molecule has 0 bridgehead atoms. The van der Waals surface area contributed by atoms with Crippen LogP contribution in [0.25, 0.3) is 97.0 Å². The largest absolute Gasteiger partial charge is 0.144 e. The van der Waals surface area contributed by atoms with Gasteiger partial charge in [-0.3, -0.25) is 0 Å². The number of thiophene rings is 1. The molecule has 0 nitrogen and oxygen atoms in total. The fraction of sp³-hybridized carbons (Fsp3) is 0. The lowest BCUT2D eigenvalue weighted by Gasteiger charge is -2.23. The van der Waals surface area contributed by atoms with Crippen LogP contribution in [-0.2, 0) is 0 Å². The number of hydrogen-bond acceptors (Lipinski definition) is 1. The summed E-state index contributed by atoms with van der Waals surface area (Å²) in [5.41, 5.74) is 3.96. The minimum absolute atomic E-state index is 1.27. The van der Waals surface area contributed by atoms with E-state index in [0.29, 0.717) is 0 Å². The molecule has 0 saturated carbocycles. The first kappa shape index (κ1) is 23.3. The van der Waals surface area contributed by atoms with Crippen LogP contribution < -0.4 is 0 Å². The molecule has 1 aromatic heterocycles. The predicted octanol–water partition coefficient (Wildman–Crippen LogP) is 12.6. The molecule has 0 aliphatic rings.